The lowest BCUT2D eigenvalue weighted by Crippen LogP contribution is -2.51. The lowest BCUT2D eigenvalue weighted by Gasteiger charge is -2.30. The molecule has 0 bridgehead atoms. The molecule has 0 unspecified atom stereocenters. The molecule has 0 aliphatic heterocycles. The van der Waals surface area contributed by atoms with Gasteiger partial charge in [-0.15, -0.1) is 10.9 Å². The second kappa shape index (κ2) is 11.5. The minimum atomic E-state index is -0.110. The summed E-state index contributed by atoms with van der Waals surface area (Å²) in [7, 11) is 16.4. The molecular formula is C43H39B7N2. The molecule has 52 heavy (non-hydrogen) atoms. The Balaban J connectivity index is 1.32. The lowest BCUT2D eigenvalue weighted by atomic mass is 9.61. The highest BCUT2D eigenvalue weighted by atomic mass is 15.1. The zero-order valence-electron chi connectivity index (χ0n) is 32.1. The number of para-hydroxylation sites is 2. The van der Waals surface area contributed by atoms with Crippen LogP contribution in [-0.4, -0.2) is 64.5 Å². The van der Waals surface area contributed by atoms with E-state index in [2.05, 4.69) is 177 Å². The van der Waals surface area contributed by atoms with Crippen LogP contribution in [0.2, 0.25) is 0 Å². The highest BCUT2D eigenvalue weighted by Gasteiger charge is 2.41. The molecule has 0 saturated heterocycles. The average molecular weight is 659 g/mol. The van der Waals surface area contributed by atoms with Gasteiger partial charge in [-0.1, -0.05) is 114 Å². The molecule has 242 valence electrons. The molecule has 0 atom stereocenters. The minimum absolute atomic E-state index is 0.110. The first kappa shape index (κ1) is 32.9. The van der Waals surface area contributed by atoms with E-state index in [9.17, 15) is 0 Å². The molecule has 8 aromatic rings. The topological polar surface area (TPSA) is 17.8 Å². The van der Waals surface area contributed by atoms with Gasteiger partial charge in [0.25, 0.3) is 0 Å². The standard InChI is InChI=1S/C43H39B7N2/c1-20-51-27-14-8-9-15-28(27)52(20)22-18-16-21(17-19-22)29-23-10-4-6-12-25(23)30(26-13-7-5-11-24(26)29)33-36(44)34-31(37(45)39(33)47)32-35(43(34,2)3)40(48)42(50)41(49)38(32)46/h4-19H,44-50H2,1-3H3. The number of rotatable bonds is 3. The molecule has 9 rings (SSSR count). The lowest BCUT2D eigenvalue weighted by molar-refractivity contribution is 0.670. The Morgan fingerprint density at radius 1 is 0.462 bits per heavy atom. The molecule has 0 spiro atoms. The molecule has 7 aromatic carbocycles. The molecule has 1 aliphatic carbocycles. The number of fused-ring (bicyclic) bond motifs is 6. The van der Waals surface area contributed by atoms with Gasteiger partial charge in [-0.3, -0.25) is 4.57 Å². The monoisotopic (exact) mass is 660 g/mol. The Bertz CT molecular complexity index is 2800. The molecule has 0 N–H and O–H groups in total. The van der Waals surface area contributed by atoms with Crippen molar-refractivity contribution in [2.24, 2.45) is 0 Å². The fourth-order valence-corrected chi connectivity index (χ4v) is 10.1. The van der Waals surface area contributed by atoms with Crippen LogP contribution < -0.4 is 38.2 Å². The number of hydrogen-bond donors (Lipinski definition) is 0. The van der Waals surface area contributed by atoms with Crippen LogP contribution in [-0.2, 0) is 5.41 Å². The number of benzene rings is 7. The Kier molecular flexibility index (Phi) is 7.26. The summed E-state index contributed by atoms with van der Waals surface area (Å²) in [6, 6.07) is 35.6. The normalized spacial score (nSPS) is 13.2. The molecular weight excluding hydrogens is 620 g/mol. The highest BCUT2D eigenvalue weighted by Crippen LogP contribution is 2.47. The summed E-state index contributed by atoms with van der Waals surface area (Å²) in [5, 5.41) is 5.17. The van der Waals surface area contributed by atoms with Gasteiger partial charge in [0.05, 0.1) is 11.0 Å². The average Bonchev–Trinajstić information content (AvgIpc) is 3.61. The Labute approximate surface area is 313 Å². The zero-order chi connectivity index (χ0) is 36.4. The zero-order valence-corrected chi connectivity index (χ0v) is 32.1. The summed E-state index contributed by atoms with van der Waals surface area (Å²) < 4.78 is 2.26. The smallest absolute Gasteiger partial charge is 0.140 e. The molecule has 0 amide bonds. The SMILES string of the molecule is Bc1c(B)c(B)c2c(c1B)-c1c(B)c(B)c(-c3c4ccccc4c(-c4ccc(-n5c(C)nc6ccccc65)cc4)c4ccccc34)c(B)c1C2(C)C. The van der Waals surface area contributed by atoms with Gasteiger partial charge in [0.2, 0.25) is 0 Å². The fourth-order valence-electron chi connectivity index (χ4n) is 10.1. The molecule has 9 heteroatoms. The maximum Gasteiger partial charge on any atom is 0.140 e. The van der Waals surface area contributed by atoms with Crippen molar-refractivity contribution in [1.82, 2.24) is 9.55 Å². The van der Waals surface area contributed by atoms with Gasteiger partial charge in [0.15, 0.2) is 0 Å². The third-order valence-corrected chi connectivity index (χ3v) is 12.8. The number of imidazole rings is 1. The predicted molar refractivity (Wildman–Crippen MR) is 247 cm³/mol. The second-order valence-corrected chi connectivity index (χ2v) is 15.7. The van der Waals surface area contributed by atoms with E-state index in [1.54, 1.807) is 0 Å². The van der Waals surface area contributed by atoms with E-state index < -0.39 is 0 Å². The molecule has 2 nitrogen and oxygen atoms in total. The number of nitrogens with zero attached hydrogens (tertiary/aromatic N) is 2. The van der Waals surface area contributed by atoms with Crippen molar-refractivity contribution in [3.05, 3.63) is 114 Å². The molecule has 1 aliphatic rings. The minimum Gasteiger partial charge on any atom is -0.297 e. The molecule has 0 fully saturated rings. The van der Waals surface area contributed by atoms with Crippen LogP contribution in [0.15, 0.2) is 97.1 Å². The van der Waals surface area contributed by atoms with Crippen molar-refractivity contribution < 1.29 is 0 Å². The largest absolute Gasteiger partial charge is 0.297 e. The van der Waals surface area contributed by atoms with E-state index in [0.29, 0.717) is 0 Å². The highest BCUT2D eigenvalue weighted by molar-refractivity contribution is 6.65. The van der Waals surface area contributed by atoms with Gasteiger partial charge in [-0.05, 0) is 97.2 Å². The van der Waals surface area contributed by atoms with Gasteiger partial charge in [0.1, 0.15) is 60.7 Å². The van der Waals surface area contributed by atoms with E-state index >= 15 is 0 Å². The third kappa shape index (κ3) is 4.32. The van der Waals surface area contributed by atoms with E-state index in [0.717, 1.165) is 22.5 Å². The Morgan fingerprint density at radius 3 is 1.52 bits per heavy atom. The van der Waals surface area contributed by atoms with Gasteiger partial charge >= 0.3 is 0 Å². The summed E-state index contributed by atoms with van der Waals surface area (Å²) in [5.74, 6) is 0.992. The molecule has 1 aromatic heterocycles. The van der Waals surface area contributed by atoms with Crippen LogP contribution >= 0.6 is 0 Å². The summed E-state index contributed by atoms with van der Waals surface area (Å²) in [6.07, 6.45) is 0. The maximum atomic E-state index is 4.83. The van der Waals surface area contributed by atoms with E-state index in [1.165, 1.54) is 104 Å². The number of aryl methyl sites for hydroxylation is 1. The van der Waals surface area contributed by atoms with E-state index in [-0.39, 0.29) is 5.41 Å². The summed E-state index contributed by atoms with van der Waals surface area (Å²) in [5.41, 5.74) is 24.3. The maximum absolute atomic E-state index is 4.83. The number of hydrogen-bond acceptors (Lipinski definition) is 1. The van der Waals surface area contributed by atoms with Crippen molar-refractivity contribution in [2.45, 2.75) is 26.2 Å². The second-order valence-electron chi connectivity index (χ2n) is 15.7. The summed E-state index contributed by atoms with van der Waals surface area (Å²) in [4.78, 5) is 4.83. The van der Waals surface area contributed by atoms with Crippen molar-refractivity contribution in [3.63, 3.8) is 0 Å². The van der Waals surface area contributed by atoms with Crippen LogP contribution in [0.4, 0.5) is 0 Å². The molecule has 1 heterocycles. The van der Waals surface area contributed by atoms with E-state index in [4.69, 9.17) is 4.98 Å². The molecule has 0 saturated carbocycles. The van der Waals surface area contributed by atoms with Crippen molar-refractivity contribution in [2.75, 3.05) is 0 Å². The van der Waals surface area contributed by atoms with Gasteiger partial charge in [-0.2, -0.15) is 0 Å². The third-order valence-electron chi connectivity index (χ3n) is 12.8. The van der Waals surface area contributed by atoms with Crippen LogP contribution in [0.5, 0.6) is 0 Å². The van der Waals surface area contributed by atoms with Crippen molar-refractivity contribution >= 4 is 126 Å². The van der Waals surface area contributed by atoms with Crippen molar-refractivity contribution in [3.8, 4) is 39.1 Å². The first-order valence-corrected chi connectivity index (χ1v) is 18.7. The predicted octanol–water partition coefficient (Wildman–Crippen LogP) is -0.911. The Hall–Kier alpha value is -5.02. The fraction of sp³-hybridized carbons (Fsp3) is 0.0930. The number of aromatic nitrogens is 2. The van der Waals surface area contributed by atoms with Crippen LogP contribution in [0, 0.1) is 6.92 Å². The summed E-state index contributed by atoms with van der Waals surface area (Å²) in [6.45, 7) is 7.01. The van der Waals surface area contributed by atoms with Crippen LogP contribution in [0.3, 0.4) is 0 Å². The first-order chi connectivity index (χ1) is 24.9. The van der Waals surface area contributed by atoms with Crippen molar-refractivity contribution in [1.29, 1.82) is 0 Å². The van der Waals surface area contributed by atoms with Gasteiger partial charge in [-0.25, -0.2) is 4.98 Å². The quantitative estimate of drug-likeness (QED) is 0.178. The van der Waals surface area contributed by atoms with Gasteiger partial charge in [0, 0.05) is 11.1 Å². The van der Waals surface area contributed by atoms with Crippen LogP contribution in [0.1, 0.15) is 30.8 Å². The Morgan fingerprint density at radius 2 is 0.923 bits per heavy atom. The molecule has 0 radical (unpaired) electrons. The van der Waals surface area contributed by atoms with Crippen LogP contribution in [0.25, 0.3) is 71.6 Å². The van der Waals surface area contributed by atoms with Gasteiger partial charge < -0.3 is 0 Å². The van der Waals surface area contributed by atoms with E-state index in [1.807, 2.05) is 0 Å². The first-order valence-electron chi connectivity index (χ1n) is 18.7. The summed E-state index contributed by atoms with van der Waals surface area (Å²) >= 11 is 0.